The maximum atomic E-state index is 12.7. The van der Waals surface area contributed by atoms with Gasteiger partial charge in [0.1, 0.15) is 0 Å². The van der Waals surface area contributed by atoms with Gasteiger partial charge in [-0.1, -0.05) is 0 Å². The van der Waals surface area contributed by atoms with Crippen LogP contribution in [0, 0.1) is 12.9 Å². The Hall–Kier alpha value is -1.27. The lowest BCUT2D eigenvalue weighted by molar-refractivity contribution is -0.143. The lowest BCUT2D eigenvalue weighted by Gasteiger charge is -2.12. The van der Waals surface area contributed by atoms with E-state index in [0.29, 0.717) is 6.07 Å². The van der Waals surface area contributed by atoms with Gasteiger partial charge in [0, 0.05) is 11.1 Å². The van der Waals surface area contributed by atoms with E-state index in [2.05, 4.69) is 4.98 Å². The summed E-state index contributed by atoms with van der Waals surface area (Å²) in [5, 5.41) is 0. The molecule has 84 valence electrons. The van der Waals surface area contributed by atoms with E-state index in [0.717, 1.165) is 6.92 Å². The van der Waals surface area contributed by atoms with Crippen LogP contribution in [0.1, 0.15) is 23.2 Å². The fourth-order valence-corrected chi connectivity index (χ4v) is 1.01. The average Bonchev–Trinajstić information content (AvgIpc) is 2.06. The molecule has 0 amide bonds. The molecule has 0 bridgehead atoms. The molecule has 1 rings (SSSR count). The first-order chi connectivity index (χ1) is 6.73. The van der Waals surface area contributed by atoms with Gasteiger partial charge in [-0.2, -0.15) is 17.6 Å². The van der Waals surface area contributed by atoms with Crippen molar-refractivity contribution in [2.24, 2.45) is 0 Å². The fraction of sp³-hybridized carbons (Fsp3) is 0.375. The molecule has 1 nitrogen and oxygen atoms in total. The van der Waals surface area contributed by atoms with Crippen molar-refractivity contribution in [3.63, 3.8) is 0 Å². The predicted octanol–water partition coefficient (Wildman–Crippen LogP) is 3.49. The van der Waals surface area contributed by atoms with Crippen LogP contribution >= 0.6 is 0 Å². The Labute approximate surface area is 80.7 Å². The van der Waals surface area contributed by atoms with Gasteiger partial charge in [-0.15, -0.1) is 0 Å². The highest BCUT2D eigenvalue weighted by atomic mass is 19.4. The number of aryl methyl sites for hydroxylation is 1. The van der Waals surface area contributed by atoms with Crippen LogP contribution in [0.15, 0.2) is 6.07 Å². The molecule has 1 aromatic heterocycles. The SMILES string of the molecule is Cc1cc(C(F)F)c(C(F)(F)F)nc1F. The van der Waals surface area contributed by atoms with Crippen molar-refractivity contribution in [2.75, 3.05) is 0 Å². The summed E-state index contributed by atoms with van der Waals surface area (Å²) in [4.78, 5) is 2.49. The van der Waals surface area contributed by atoms with Crippen molar-refractivity contribution in [1.82, 2.24) is 4.98 Å². The van der Waals surface area contributed by atoms with Gasteiger partial charge in [-0.3, -0.25) is 0 Å². The Morgan fingerprint density at radius 3 is 2.20 bits per heavy atom. The summed E-state index contributed by atoms with van der Waals surface area (Å²) in [5.74, 6) is -1.40. The van der Waals surface area contributed by atoms with Gasteiger partial charge in [0.2, 0.25) is 5.95 Å². The molecule has 0 unspecified atom stereocenters. The molecule has 0 radical (unpaired) electrons. The number of hydrogen-bond acceptors (Lipinski definition) is 1. The van der Waals surface area contributed by atoms with Crippen LogP contribution in [0.5, 0.6) is 0 Å². The zero-order chi connectivity index (χ0) is 11.8. The van der Waals surface area contributed by atoms with Gasteiger partial charge >= 0.3 is 6.18 Å². The zero-order valence-electron chi connectivity index (χ0n) is 7.37. The summed E-state index contributed by atoms with van der Waals surface area (Å²) in [7, 11) is 0. The van der Waals surface area contributed by atoms with Crippen LogP contribution in [0.25, 0.3) is 0 Å². The monoisotopic (exact) mass is 229 g/mol. The molecule has 0 atom stereocenters. The van der Waals surface area contributed by atoms with Gasteiger partial charge in [-0.25, -0.2) is 13.8 Å². The van der Waals surface area contributed by atoms with E-state index in [1.54, 1.807) is 0 Å². The zero-order valence-corrected chi connectivity index (χ0v) is 7.37. The second-order valence-corrected chi connectivity index (χ2v) is 2.83. The minimum absolute atomic E-state index is 0.349. The molecule has 0 aromatic carbocycles. The molecule has 0 saturated carbocycles. The molecule has 0 saturated heterocycles. The third-order valence-electron chi connectivity index (χ3n) is 1.68. The molecule has 7 heteroatoms. The van der Waals surface area contributed by atoms with Crippen molar-refractivity contribution in [3.05, 3.63) is 28.8 Å². The van der Waals surface area contributed by atoms with Crippen LogP contribution in [-0.4, -0.2) is 4.98 Å². The number of halogens is 6. The first-order valence-corrected chi connectivity index (χ1v) is 3.76. The maximum absolute atomic E-state index is 12.7. The number of aromatic nitrogens is 1. The molecule has 1 aromatic rings. The summed E-state index contributed by atoms with van der Waals surface area (Å²) in [6, 6.07) is 0.454. The Bertz CT molecular complexity index is 370. The topological polar surface area (TPSA) is 12.9 Å². The van der Waals surface area contributed by atoms with Gasteiger partial charge in [-0.05, 0) is 13.0 Å². The average molecular weight is 229 g/mol. The van der Waals surface area contributed by atoms with E-state index in [-0.39, 0.29) is 5.56 Å². The quantitative estimate of drug-likeness (QED) is 0.530. The van der Waals surface area contributed by atoms with E-state index >= 15 is 0 Å². The summed E-state index contributed by atoms with van der Waals surface area (Å²) < 4.78 is 73.6. The third-order valence-corrected chi connectivity index (χ3v) is 1.68. The summed E-state index contributed by atoms with van der Waals surface area (Å²) in [5.41, 5.74) is -3.53. The standard InChI is InChI=1S/C8H5F6N/c1-3-2-4(6(9)10)5(8(12,13)14)15-7(3)11/h2,6H,1H3. The van der Waals surface area contributed by atoms with E-state index in [1.165, 1.54) is 0 Å². The molecule has 0 spiro atoms. The second-order valence-electron chi connectivity index (χ2n) is 2.83. The number of alkyl halides is 5. The predicted molar refractivity (Wildman–Crippen MR) is 38.9 cm³/mol. The van der Waals surface area contributed by atoms with E-state index < -0.39 is 29.8 Å². The number of pyridine rings is 1. The Morgan fingerprint density at radius 1 is 1.27 bits per heavy atom. The summed E-state index contributed by atoms with van der Waals surface area (Å²) in [6.45, 7) is 1.06. The highest BCUT2D eigenvalue weighted by Crippen LogP contribution is 2.35. The van der Waals surface area contributed by atoms with Crippen LogP contribution in [0.3, 0.4) is 0 Å². The van der Waals surface area contributed by atoms with Crippen LogP contribution < -0.4 is 0 Å². The Kier molecular flexibility index (Phi) is 2.92. The molecule has 1 heterocycles. The van der Waals surface area contributed by atoms with Gasteiger partial charge in [0.05, 0.1) is 0 Å². The van der Waals surface area contributed by atoms with Crippen molar-refractivity contribution < 1.29 is 26.3 Å². The minimum Gasteiger partial charge on any atom is -0.214 e. The van der Waals surface area contributed by atoms with Crippen LogP contribution in [-0.2, 0) is 6.18 Å². The second kappa shape index (κ2) is 3.71. The first kappa shape index (κ1) is 11.8. The van der Waals surface area contributed by atoms with Gasteiger partial charge in [0.25, 0.3) is 6.43 Å². The number of rotatable bonds is 1. The number of hydrogen-bond donors (Lipinski definition) is 0. The lowest BCUT2D eigenvalue weighted by atomic mass is 10.1. The molecule has 15 heavy (non-hydrogen) atoms. The van der Waals surface area contributed by atoms with E-state index in [4.69, 9.17) is 0 Å². The Balaban J connectivity index is 3.42. The minimum atomic E-state index is -5.08. The Morgan fingerprint density at radius 2 is 1.80 bits per heavy atom. The first-order valence-electron chi connectivity index (χ1n) is 3.76. The lowest BCUT2D eigenvalue weighted by Crippen LogP contribution is -2.14. The molecule has 0 fully saturated rings. The normalized spacial score (nSPS) is 12.3. The molecule has 0 N–H and O–H groups in total. The fourth-order valence-electron chi connectivity index (χ4n) is 1.01. The van der Waals surface area contributed by atoms with Crippen molar-refractivity contribution in [1.29, 1.82) is 0 Å². The third kappa shape index (κ3) is 2.40. The van der Waals surface area contributed by atoms with Crippen molar-refractivity contribution >= 4 is 0 Å². The molecule has 0 aliphatic heterocycles. The van der Waals surface area contributed by atoms with Gasteiger partial charge < -0.3 is 0 Å². The maximum Gasteiger partial charge on any atom is 0.433 e. The molecular formula is C8H5F6N. The molecule has 0 aliphatic carbocycles. The van der Waals surface area contributed by atoms with Crippen LogP contribution in [0.4, 0.5) is 26.3 Å². The van der Waals surface area contributed by atoms with E-state index in [1.807, 2.05) is 0 Å². The highest BCUT2D eigenvalue weighted by molar-refractivity contribution is 5.28. The molecule has 0 aliphatic rings. The van der Waals surface area contributed by atoms with E-state index in [9.17, 15) is 26.3 Å². The van der Waals surface area contributed by atoms with Crippen molar-refractivity contribution in [2.45, 2.75) is 19.5 Å². The highest BCUT2D eigenvalue weighted by Gasteiger charge is 2.38. The smallest absolute Gasteiger partial charge is 0.214 e. The van der Waals surface area contributed by atoms with Crippen molar-refractivity contribution in [3.8, 4) is 0 Å². The molecular weight excluding hydrogens is 224 g/mol. The summed E-state index contributed by atoms with van der Waals surface area (Å²) >= 11 is 0. The van der Waals surface area contributed by atoms with Gasteiger partial charge in [0.15, 0.2) is 5.69 Å². The summed E-state index contributed by atoms with van der Waals surface area (Å²) in [6.07, 6.45) is -8.42. The van der Waals surface area contributed by atoms with Crippen LogP contribution in [0.2, 0.25) is 0 Å². The number of nitrogens with zero attached hydrogens (tertiary/aromatic N) is 1. The largest absolute Gasteiger partial charge is 0.433 e.